The molecule has 1 heterocycles. The number of hydrogen-bond acceptors (Lipinski definition) is 3. The van der Waals surface area contributed by atoms with Crippen molar-refractivity contribution in [2.45, 2.75) is 73.6 Å². The molecule has 0 bridgehead atoms. The molecular formula is C26H32N4. The summed E-state index contributed by atoms with van der Waals surface area (Å²) in [6.45, 7) is 17.6. The zero-order valence-corrected chi connectivity index (χ0v) is 19.5. The quantitative estimate of drug-likeness (QED) is 0.496. The van der Waals surface area contributed by atoms with Crippen LogP contribution in [0.4, 0.5) is 0 Å². The normalized spacial score (nSPS) is 11.6. The molecule has 0 fully saturated rings. The second-order valence-corrected chi connectivity index (χ2v) is 8.64. The smallest absolute Gasteiger partial charge is 0.168 e. The Labute approximate surface area is 180 Å². The van der Waals surface area contributed by atoms with Crippen LogP contribution in [0.3, 0.4) is 0 Å². The molecule has 0 unspecified atom stereocenters. The van der Waals surface area contributed by atoms with Crippen LogP contribution >= 0.6 is 0 Å². The summed E-state index contributed by atoms with van der Waals surface area (Å²) in [5, 5.41) is 18.4. The van der Waals surface area contributed by atoms with E-state index in [0.29, 0.717) is 5.56 Å². The summed E-state index contributed by atoms with van der Waals surface area (Å²) < 4.78 is 2.11. The van der Waals surface area contributed by atoms with Crippen molar-refractivity contribution < 1.29 is 0 Å². The first-order valence-corrected chi connectivity index (χ1v) is 10.7. The van der Waals surface area contributed by atoms with Crippen LogP contribution in [-0.2, 0) is 5.41 Å². The molecule has 4 heteroatoms. The van der Waals surface area contributed by atoms with E-state index in [2.05, 4.69) is 82.3 Å². The monoisotopic (exact) mass is 400 g/mol. The van der Waals surface area contributed by atoms with Crippen molar-refractivity contribution in [3.63, 3.8) is 0 Å². The molecule has 0 aliphatic heterocycles. The minimum atomic E-state index is 0.00327. The maximum atomic E-state index is 9.55. The first-order valence-electron chi connectivity index (χ1n) is 10.7. The highest BCUT2D eigenvalue weighted by Crippen LogP contribution is 2.39. The van der Waals surface area contributed by atoms with E-state index in [9.17, 15) is 5.26 Å². The van der Waals surface area contributed by atoms with Gasteiger partial charge in [0.2, 0.25) is 0 Å². The van der Waals surface area contributed by atoms with E-state index in [1.807, 2.05) is 12.1 Å². The number of benzene rings is 2. The summed E-state index contributed by atoms with van der Waals surface area (Å²) in [4.78, 5) is 0. The van der Waals surface area contributed by atoms with Gasteiger partial charge >= 0.3 is 0 Å². The van der Waals surface area contributed by atoms with Gasteiger partial charge in [-0.3, -0.25) is 4.57 Å². The lowest BCUT2D eigenvalue weighted by Crippen LogP contribution is -2.21. The predicted molar refractivity (Wildman–Crippen MR) is 123 cm³/mol. The van der Waals surface area contributed by atoms with Gasteiger partial charge in [0, 0.05) is 5.56 Å². The molecule has 0 atom stereocenters. The standard InChI is InChI=1S/C26H32N4/c1-9-26(8,10-2)23-12-11-21(14-27)13-22(23)25-29-28-15-30(25)24-19(6)17(4)16(3)18(5)20(24)7/h11-13,15H,9-10H2,1-8H3. The molecule has 2 aromatic carbocycles. The van der Waals surface area contributed by atoms with E-state index in [4.69, 9.17) is 0 Å². The fourth-order valence-corrected chi connectivity index (χ4v) is 4.38. The molecule has 3 rings (SSSR count). The summed E-state index contributed by atoms with van der Waals surface area (Å²) in [6.07, 6.45) is 3.83. The Morgan fingerprint density at radius 1 is 0.933 bits per heavy atom. The number of nitriles is 1. The maximum absolute atomic E-state index is 9.55. The van der Waals surface area contributed by atoms with Gasteiger partial charge in [-0.05, 0) is 98.4 Å². The fraction of sp³-hybridized carbons (Fsp3) is 0.423. The van der Waals surface area contributed by atoms with Gasteiger partial charge in [0.15, 0.2) is 5.82 Å². The molecule has 3 aromatic rings. The van der Waals surface area contributed by atoms with Gasteiger partial charge in [0.05, 0.1) is 17.3 Å². The highest BCUT2D eigenvalue weighted by molar-refractivity contribution is 5.69. The largest absolute Gasteiger partial charge is 0.281 e. The summed E-state index contributed by atoms with van der Waals surface area (Å²) in [5.41, 5.74) is 10.4. The lowest BCUT2D eigenvalue weighted by atomic mass is 9.75. The molecule has 0 saturated carbocycles. The Bertz CT molecular complexity index is 1110. The number of rotatable bonds is 5. The van der Waals surface area contributed by atoms with Crippen LogP contribution in [0, 0.1) is 45.9 Å². The van der Waals surface area contributed by atoms with Crippen molar-refractivity contribution in [3.05, 3.63) is 63.5 Å². The van der Waals surface area contributed by atoms with Crippen molar-refractivity contribution in [2.75, 3.05) is 0 Å². The van der Waals surface area contributed by atoms with E-state index in [1.54, 1.807) is 6.33 Å². The highest BCUT2D eigenvalue weighted by atomic mass is 15.3. The SMILES string of the molecule is CCC(C)(CC)c1ccc(C#N)cc1-c1nncn1-c1c(C)c(C)c(C)c(C)c1C. The summed E-state index contributed by atoms with van der Waals surface area (Å²) in [6, 6.07) is 8.28. The van der Waals surface area contributed by atoms with E-state index >= 15 is 0 Å². The Kier molecular flexibility index (Phi) is 5.85. The molecule has 0 spiro atoms. The molecule has 1 aromatic heterocycles. The minimum Gasteiger partial charge on any atom is -0.281 e. The van der Waals surface area contributed by atoms with Crippen LogP contribution in [0.25, 0.3) is 17.1 Å². The molecule has 30 heavy (non-hydrogen) atoms. The molecule has 0 aliphatic carbocycles. The van der Waals surface area contributed by atoms with Crippen LogP contribution in [0.2, 0.25) is 0 Å². The molecule has 0 radical (unpaired) electrons. The molecular weight excluding hydrogens is 368 g/mol. The Morgan fingerprint density at radius 2 is 1.50 bits per heavy atom. The van der Waals surface area contributed by atoms with Gasteiger partial charge in [-0.25, -0.2) is 0 Å². The minimum absolute atomic E-state index is 0.00327. The predicted octanol–water partition coefficient (Wildman–Crippen LogP) is 6.43. The maximum Gasteiger partial charge on any atom is 0.168 e. The van der Waals surface area contributed by atoms with E-state index in [-0.39, 0.29) is 5.41 Å². The van der Waals surface area contributed by atoms with Crippen molar-refractivity contribution >= 4 is 0 Å². The third kappa shape index (κ3) is 3.33. The first-order chi connectivity index (χ1) is 14.2. The van der Waals surface area contributed by atoms with E-state index in [1.165, 1.54) is 33.4 Å². The Balaban J connectivity index is 2.37. The summed E-state index contributed by atoms with van der Waals surface area (Å²) in [7, 11) is 0. The van der Waals surface area contributed by atoms with Crippen LogP contribution in [0.1, 0.15) is 72.6 Å². The Hall–Kier alpha value is -2.93. The molecule has 0 amide bonds. The molecule has 0 aliphatic rings. The van der Waals surface area contributed by atoms with Crippen molar-refractivity contribution in [1.82, 2.24) is 14.8 Å². The third-order valence-electron chi connectivity index (χ3n) is 7.35. The van der Waals surface area contributed by atoms with Crippen LogP contribution in [-0.4, -0.2) is 14.8 Å². The second kappa shape index (κ2) is 8.07. The number of aromatic nitrogens is 3. The number of nitrogens with zero attached hydrogens (tertiary/aromatic N) is 4. The van der Waals surface area contributed by atoms with E-state index < -0.39 is 0 Å². The third-order valence-corrected chi connectivity index (χ3v) is 7.35. The lowest BCUT2D eigenvalue weighted by molar-refractivity contribution is 0.440. The van der Waals surface area contributed by atoms with Crippen LogP contribution in [0.5, 0.6) is 0 Å². The zero-order valence-electron chi connectivity index (χ0n) is 19.5. The van der Waals surface area contributed by atoms with E-state index in [0.717, 1.165) is 29.9 Å². The second-order valence-electron chi connectivity index (χ2n) is 8.64. The van der Waals surface area contributed by atoms with Gasteiger partial charge in [0.1, 0.15) is 6.33 Å². The van der Waals surface area contributed by atoms with Gasteiger partial charge in [-0.2, -0.15) is 5.26 Å². The molecule has 4 nitrogen and oxygen atoms in total. The average Bonchev–Trinajstić information content (AvgIpc) is 3.24. The van der Waals surface area contributed by atoms with Gasteiger partial charge < -0.3 is 0 Å². The molecule has 0 N–H and O–H groups in total. The summed E-state index contributed by atoms with van der Waals surface area (Å²) in [5.74, 6) is 0.795. The highest BCUT2D eigenvalue weighted by Gasteiger charge is 2.28. The lowest BCUT2D eigenvalue weighted by Gasteiger charge is -2.30. The topological polar surface area (TPSA) is 54.5 Å². The molecule has 156 valence electrons. The van der Waals surface area contributed by atoms with Gasteiger partial charge in [0.25, 0.3) is 0 Å². The zero-order chi connectivity index (χ0) is 22.2. The van der Waals surface area contributed by atoms with Gasteiger partial charge in [-0.15, -0.1) is 10.2 Å². The Morgan fingerprint density at radius 3 is 2.03 bits per heavy atom. The van der Waals surface area contributed by atoms with Crippen molar-refractivity contribution in [3.8, 4) is 23.1 Å². The van der Waals surface area contributed by atoms with Crippen molar-refractivity contribution in [1.29, 1.82) is 5.26 Å². The van der Waals surface area contributed by atoms with Crippen LogP contribution < -0.4 is 0 Å². The average molecular weight is 401 g/mol. The molecule has 0 saturated heterocycles. The van der Waals surface area contributed by atoms with Crippen molar-refractivity contribution in [2.24, 2.45) is 0 Å². The fourth-order valence-electron chi connectivity index (χ4n) is 4.38. The van der Waals surface area contributed by atoms with Crippen LogP contribution in [0.15, 0.2) is 24.5 Å². The summed E-state index contributed by atoms with van der Waals surface area (Å²) >= 11 is 0. The van der Waals surface area contributed by atoms with Gasteiger partial charge in [-0.1, -0.05) is 26.8 Å². The first kappa shape index (κ1) is 21.8. The number of hydrogen-bond donors (Lipinski definition) is 0.